The van der Waals surface area contributed by atoms with Crippen LogP contribution in [0.3, 0.4) is 0 Å². The van der Waals surface area contributed by atoms with E-state index in [1.807, 2.05) is 6.07 Å². The minimum atomic E-state index is -3.72. The van der Waals surface area contributed by atoms with Gasteiger partial charge in [-0.1, -0.05) is 47.8 Å². The van der Waals surface area contributed by atoms with Gasteiger partial charge in [-0.2, -0.15) is 4.31 Å². The number of hydrogen-bond donors (Lipinski definition) is 0. The van der Waals surface area contributed by atoms with Crippen molar-refractivity contribution < 1.29 is 22.7 Å². The van der Waals surface area contributed by atoms with Gasteiger partial charge in [-0.25, -0.2) is 8.42 Å². The number of hydrogen-bond acceptors (Lipinski definition) is 5. The zero-order valence-electron chi connectivity index (χ0n) is 17.3. The van der Waals surface area contributed by atoms with Crippen LogP contribution in [0, 0.1) is 0 Å². The molecule has 168 valence electrons. The predicted octanol–water partition coefficient (Wildman–Crippen LogP) is 4.71. The predicted molar refractivity (Wildman–Crippen MR) is 120 cm³/mol. The standard InChI is InChI=1S/C22H25Cl2NO5S/c1-29-13-16-6-5-7-17(10-16)21(26)15-30-14-18-11-22(20(24)12-19(18)23)31(27,28)25-8-3-2-4-9-25/h5-7,10-12H,2-4,8-9,13-15H2,1H3. The summed E-state index contributed by atoms with van der Waals surface area (Å²) in [6.45, 7) is 1.19. The molecule has 1 saturated heterocycles. The number of methoxy groups -OCH3 is 1. The van der Waals surface area contributed by atoms with Crippen LogP contribution < -0.4 is 0 Å². The number of ketones is 1. The van der Waals surface area contributed by atoms with Gasteiger partial charge >= 0.3 is 0 Å². The lowest BCUT2D eigenvalue weighted by Crippen LogP contribution is -2.35. The second kappa shape index (κ2) is 10.9. The summed E-state index contributed by atoms with van der Waals surface area (Å²) in [4.78, 5) is 12.5. The Morgan fingerprint density at radius 3 is 2.48 bits per heavy atom. The molecular weight excluding hydrogens is 461 g/mol. The van der Waals surface area contributed by atoms with Crippen molar-refractivity contribution in [2.75, 3.05) is 26.8 Å². The van der Waals surface area contributed by atoms with Crippen LogP contribution in [0.15, 0.2) is 41.3 Å². The Kier molecular flexibility index (Phi) is 8.50. The third-order valence-electron chi connectivity index (χ3n) is 5.08. The van der Waals surface area contributed by atoms with Crippen LogP contribution in [0.5, 0.6) is 0 Å². The molecule has 0 amide bonds. The molecular formula is C22H25Cl2NO5S. The van der Waals surface area contributed by atoms with Gasteiger partial charge in [0.1, 0.15) is 11.5 Å². The third kappa shape index (κ3) is 6.06. The summed E-state index contributed by atoms with van der Waals surface area (Å²) in [5, 5.41) is 0.363. The lowest BCUT2D eigenvalue weighted by Gasteiger charge is -2.26. The molecule has 0 atom stereocenters. The Morgan fingerprint density at radius 2 is 1.77 bits per heavy atom. The van der Waals surface area contributed by atoms with Gasteiger partial charge in [-0.3, -0.25) is 4.79 Å². The molecule has 0 aliphatic carbocycles. The van der Waals surface area contributed by atoms with Gasteiger partial charge < -0.3 is 9.47 Å². The van der Waals surface area contributed by atoms with E-state index in [2.05, 4.69) is 0 Å². The first kappa shape index (κ1) is 24.2. The summed E-state index contributed by atoms with van der Waals surface area (Å²) in [7, 11) is -2.13. The number of Topliss-reactive ketones (excluding diaryl/α,β-unsaturated/α-hetero) is 1. The quantitative estimate of drug-likeness (QED) is 0.480. The molecule has 0 radical (unpaired) electrons. The van der Waals surface area contributed by atoms with Crippen molar-refractivity contribution in [3.05, 3.63) is 63.1 Å². The Labute approximate surface area is 193 Å². The SMILES string of the molecule is COCc1cccc(C(=O)COCc2cc(S(=O)(=O)N3CCCCC3)c(Cl)cc2Cl)c1. The fourth-order valence-electron chi connectivity index (χ4n) is 3.46. The number of nitrogens with zero attached hydrogens (tertiary/aromatic N) is 1. The minimum Gasteiger partial charge on any atom is -0.380 e. The minimum absolute atomic E-state index is 0.0117. The molecule has 2 aromatic carbocycles. The van der Waals surface area contributed by atoms with Crippen molar-refractivity contribution in [3.8, 4) is 0 Å². The van der Waals surface area contributed by atoms with Gasteiger partial charge in [0.2, 0.25) is 10.0 Å². The molecule has 1 fully saturated rings. The van der Waals surface area contributed by atoms with Crippen LogP contribution in [0.25, 0.3) is 0 Å². The molecule has 6 nitrogen and oxygen atoms in total. The molecule has 2 aromatic rings. The molecule has 0 spiro atoms. The smallest absolute Gasteiger partial charge is 0.244 e. The van der Waals surface area contributed by atoms with Crippen LogP contribution in [0.4, 0.5) is 0 Å². The largest absolute Gasteiger partial charge is 0.380 e. The van der Waals surface area contributed by atoms with Crippen molar-refractivity contribution in [3.63, 3.8) is 0 Å². The number of benzene rings is 2. The first-order valence-corrected chi connectivity index (χ1v) is 12.2. The van der Waals surface area contributed by atoms with E-state index in [9.17, 15) is 13.2 Å². The van der Waals surface area contributed by atoms with Crippen molar-refractivity contribution in [2.24, 2.45) is 0 Å². The van der Waals surface area contributed by atoms with Crippen LogP contribution in [0.1, 0.15) is 40.7 Å². The van der Waals surface area contributed by atoms with E-state index in [1.54, 1.807) is 25.3 Å². The maximum Gasteiger partial charge on any atom is 0.244 e. The second-order valence-electron chi connectivity index (χ2n) is 7.39. The van der Waals surface area contributed by atoms with E-state index < -0.39 is 10.0 Å². The van der Waals surface area contributed by atoms with Crippen molar-refractivity contribution in [1.82, 2.24) is 4.31 Å². The summed E-state index contributed by atoms with van der Waals surface area (Å²) < 4.78 is 38.1. The lowest BCUT2D eigenvalue weighted by molar-refractivity contribution is 0.0726. The van der Waals surface area contributed by atoms with Gasteiger partial charge in [0.15, 0.2) is 5.78 Å². The summed E-state index contributed by atoms with van der Waals surface area (Å²) >= 11 is 12.5. The van der Waals surface area contributed by atoms with E-state index in [0.29, 0.717) is 30.8 Å². The van der Waals surface area contributed by atoms with Gasteiger partial charge in [-0.15, -0.1) is 0 Å². The van der Waals surface area contributed by atoms with E-state index >= 15 is 0 Å². The fourth-order valence-corrected chi connectivity index (χ4v) is 5.81. The summed E-state index contributed by atoms with van der Waals surface area (Å²) in [5.41, 5.74) is 1.87. The number of rotatable bonds is 9. The first-order valence-electron chi connectivity index (χ1n) is 10.00. The van der Waals surface area contributed by atoms with Crippen LogP contribution in [-0.4, -0.2) is 45.3 Å². The Morgan fingerprint density at radius 1 is 1.03 bits per heavy atom. The summed E-state index contributed by atoms with van der Waals surface area (Å²) in [6.07, 6.45) is 2.67. The maximum atomic E-state index is 13.0. The highest BCUT2D eigenvalue weighted by Gasteiger charge is 2.29. The number of carbonyl (C=O) groups excluding carboxylic acids is 1. The van der Waals surface area contributed by atoms with Gasteiger partial charge in [0.05, 0.1) is 18.2 Å². The van der Waals surface area contributed by atoms with Gasteiger partial charge in [-0.05, 0) is 42.2 Å². The average molecular weight is 486 g/mol. The van der Waals surface area contributed by atoms with Crippen molar-refractivity contribution >= 4 is 39.0 Å². The second-order valence-corrected chi connectivity index (χ2v) is 10.1. The molecule has 3 rings (SSSR count). The number of piperidine rings is 1. The van der Waals surface area contributed by atoms with Crippen molar-refractivity contribution in [2.45, 2.75) is 37.4 Å². The van der Waals surface area contributed by atoms with E-state index in [1.165, 1.54) is 16.4 Å². The summed E-state index contributed by atoms with van der Waals surface area (Å²) in [6, 6.07) is 9.98. The number of carbonyl (C=O) groups is 1. The maximum absolute atomic E-state index is 13.0. The molecule has 0 bridgehead atoms. The molecule has 0 unspecified atom stereocenters. The number of ether oxygens (including phenoxy) is 2. The van der Waals surface area contributed by atoms with E-state index in [-0.39, 0.29) is 33.9 Å². The zero-order valence-corrected chi connectivity index (χ0v) is 19.6. The molecule has 1 aliphatic rings. The first-order chi connectivity index (χ1) is 14.8. The van der Waals surface area contributed by atoms with Gasteiger partial charge in [0.25, 0.3) is 0 Å². The van der Waals surface area contributed by atoms with Crippen LogP contribution >= 0.6 is 23.2 Å². The lowest BCUT2D eigenvalue weighted by atomic mass is 10.1. The van der Waals surface area contributed by atoms with E-state index in [4.69, 9.17) is 32.7 Å². The van der Waals surface area contributed by atoms with Gasteiger partial charge in [0, 0.05) is 30.8 Å². The molecule has 0 aromatic heterocycles. The molecule has 31 heavy (non-hydrogen) atoms. The number of halogens is 2. The topological polar surface area (TPSA) is 72.9 Å². The highest BCUT2D eigenvalue weighted by atomic mass is 35.5. The highest BCUT2D eigenvalue weighted by molar-refractivity contribution is 7.89. The zero-order chi connectivity index (χ0) is 22.4. The molecule has 1 heterocycles. The molecule has 1 aliphatic heterocycles. The average Bonchev–Trinajstić information content (AvgIpc) is 2.76. The van der Waals surface area contributed by atoms with Crippen LogP contribution in [0.2, 0.25) is 10.0 Å². The van der Waals surface area contributed by atoms with E-state index in [0.717, 1.165) is 24.8 Å². The monoisotopic (exact) mass is 485 g/mol. The fraction of sp³-hybridized carbons (Fsp3) is 0.409. The third-order valence-corrected chi connectivity index (χ3v) is 7.80. The summed E-state index contributed by atoms with van der Waals surface area (Å²) in [5.74, 6) is -0.191. The van der Waals surface area contributed by atoms with Crippen molar-refractivity contribution in [1.29, 1.82) is 0 Å². The molecule has 0 saturated carbocycles. The highest BCUT2D eigenvalue weighted by Crippen LogP contribution is 2.32. The Hall–Kier alpha value is -1.48. The Balaban J connectivity index is 1.70. The molecule has 9 heteroatoms. The van der Waals surface area contributed by atoms with Crippen LogP contribution in [-0.2, 0) is 32.7 Å². The Bertz CT molecular complexity index is 1040. The number of sulfonamides is 1. The normalized spacial score (nSPS) is 15.2. The molecule has 0 N–H and O–H groups in total.